The molecular weight excluding hydrogens is 430 g/mol. The van der Waals surface area contributed by atoms with Crippen molar-refractivity contribution in [2.45, 2.75) is 32.6 Å². The molecule has 0 saturated carbocycles. The molecule has 4 rings (SSSR count). The Balaban J connectivity index is 1.35. The smallest absolute Gasteiger partial charge is 0.317 e. The van der Waals surface area contributed by atoms with E-state index < -0.39 is 0 Å². The molecule has 32 heavy (non-hydrogen) atoms. The van der Waals surface area contributed by atoms with Crippen LogP contribution in [0.1, 0.15) is 19.4 Å². The summed E-state index contributed by atoms with van der Waals surface area (Å²) in [4.78, 5) is 22.8. The minimum absolute atomic E-state index is 0.115. The van der Waals surface area contributed by atoms with E-state index in [4.69, 9.17) is 16.3 Å². The molecule has 1 saturated heterocycles. The van der Waals surface area contributed by atoms with Crippen LogP contribution in [0.3, 0.4) is 0 Å². The fourth-order valence-electron chi connectivity index (χ4n) is 3.40. The second-order valence-electron chi connectivity index (χ2n) is 7.97. The quantitative estimate of drug-likeness (QED) is 0.565. The van der Waals surface area contributed by atoms with Crippen LogP contribution in [0.2, 0.25) is 5.02 Å². The number of nitrogens with one attached hydrogen (secondary N) is 2. The fourth-order valence-corrected chi connectivity index (χ4v) is 3.65. The molecule has 9 nitrogen and oxygen atoms in total. The van der Waals surface area contributed by atoms with Crippen molar-refractivity contribution in [1.82, 2.24) is 30.0 Å². The van der Waals surface area contributed by atoms with Gasteiger partial charge in [-0.15, -0.1) is 0 Å². The van der Waals surface area contributed by atoms with Crippen LogP contribution in [-0.4, -0.2) is 56.0 Å². The van der Waals surface area contributed by atoms with Gasteiger partial charge in [0.25, 0.3) is 0 Å². The number of rotatable bonds is 7. The lowest BCUT2D eigenvalue weighted by Crippen LogP contribution is -2.58. The maximum absolute atomic E-state index is 12.3. The van der Waals surface area contributed by atoms with Crippen molar-refractivity contribution < 1.29 is 9.53 Å². The minimum Gasteiger partial charge on any atom is -0.372 e. The van der Waals surface area contributed by atoms with E-state index in [2.05, 4.69) is 25.7 Å². The third-order valence-electron chi connectivity index (χ3n) is 5.00. The van der Waals surface area contributed by atoms with Crippen molar-refractivity contribution in [2.24, 2.45) is 7.05 Å². The summed E-state index contributed by atoms with van der Waals surface area (Å²) in [5.41, 5.74) is 3.24. The summed E-state index contributed by atoms with van der Waals surface area (Å²) in [6, 6.07) is 7.38. The maximum atomic E-state index is 12.3. The van der Waals surface area contributed by atoms with E-state index in [9.17, 15) is 4.79 Å². The molecule has 0 atom stereocenters. The van der Waals surface area contributed by atoms with Gasteiger partial charge in [-0.1, -0.05) is 23.7 Å². The molecule has 168 valence electrons. The van der Waals surface area contributed by atoms with E-state index >= 15 is 0 Å². The molecular formula is C22H26ClN7O2. The number of aromatic nitrogens is 4. The number of amides is 2. The molecule has 0 aliphatic carbocycles. The van der Waals surface area contributed by atoms with E-state index in [1.165, 1.54) is 0 Å². The first-order valence-electron chi connectivity index (χ1n) is 10.4. The van der Waals surface area contributed by atoms with Gasteiger partial charge in [-0.2, -0.15) is 5.10 Å². The molecule has 2 amide bonds. The molecule has 1 aromatic carbocycles. The van der Waals surface area contributed by atoms with Crippen LogP contribution in [0, 0.1) is 0 Å². The standard InChI is InChI=1S/C22H26ClN7O2/c1-14(2)32-18-12-30(13-18)22(31)25-9-16-5-4-15(8-19(16)23)20-6-7-24-21(28-20)27-17-10-26-29(3)11-17/h4-8,10-11,14,18H,9,12-13H2,1-3H3,(H,25,31)(H,24,27,28). The monoisotopic (exact) mass is 455 g/mol. The van der Waals surface area contributed by atoms with Crippen molar-refractivity contribution in [3.05, 3.63) is 53.4 Å². The van der Waals surface area contributed by atoms with Crippen molar-refractivity contribution in [3.63, 3.8) is 0 Å². The summed E-state index contributed by atoms with van der Waals surface area (Å²) in [6.07, 6.45) is 5.52. The van der Waals surface area contributed by atoms with Crippen LogP contribution >= 0.6 is 11.6 Å². The number of likely N-dealkylation sites (tertiary alicyclic amines) is 1. The fraction of sp³-hybridized carbons (Fsp3) is 0.364. The van der Waals surface area contributed by atoms with E-state index in [-0.39, 0.29) is 18.2 Å². The maximum Gasteiger partial charge on any atom is 0.317 e. The number of hydrogen-bond donors (Lipinski definition) is 2. The highest BCUT2D eigenvalue weighted by molar-refractivity contribution is 6.31. The highest BCUT2D eigenvalue weighted by Gasteiger charge is 2.31. The van der Waals surface area contributed by atoms with E-state index in [1.54, 1.807) is 22.0 Å². The highest BCUT2D eigenvalue weighted by Crippen LogP contribution is 2.25. The molecule has 3 heterocycles. The summed E-state index contributed by atoms with van der Waals surface area (Å²) < 4.78 is 7.38. The lowest BCUT2D eigenvalue weighted by Gasteiger charge is -2.39. The van der Waals surface area contributed by atoms with E-state index in [0.29, 0.717) is 30.6 Å². The minimum atomic E-state index is -0.115. The van der Waals surface area contributed by atoms with Gasteiger partial charge in [0.05, 0.1) is 42.9 Å². The molecule has 1 aliphatic rings. The molecule has 0 unspecified atom stereocenters. The lowest BCUT2D eigenvalue weighted by molar-refractivity contribution is -0.0641. The molecule has 2 N–H and O–H groups in total. The summed E-state index contributed by atoms with van der Waals surface area (Å²) >= 11 is 6.49. The third kappa shape index (κ3) is 5.35. The number of nitrogens with zero attached hydrogens (tertiary/aromatic N) is 5. The molecule has 3 aromatic rings. The van der Waals surface area contributed by atoms with E-state index in [1.807, 2.05) is 51.4 Å². The average Bonchev–Trinajstić information content (AvgIpc) is 3.13. The van der Waals surface area contributed by atoms with Crippen LogP contribution in [0.15, 0.2) is 42.9 Å². The van der Waals surface area contributed by atoms with Crippen molar-refractivity contribution >= 4 is 29.3 Å². The van der Waals surface area contributed by atoms with Crippen molar-refractivity contribution in [3.8, 4) is 11.3 Å². The van der Waals surface area contributed by atoms with Crippen molar-refractivity contribution in [1.29, 1.82) is 0 Å². The highest BCUT2D eigenvalue weighted by atomic mass is 35.5. The summed E-state index contributed by atoms with van der Waals surface area (Å²) in [6.45, 7) is 5.56. The topological polar surface area (TPSA) is 97.2 Å². The Hall–Kier alpha value is -3.17. The zero-order valence-electron chi connectivity index (χ0n) is 18.2. The van der Waals surface area contributed by atoms with Crippen LogP contribution in [0.4, 0.5) is 16.4 Å². The number of carbonyl (C=O) groups excluding carboxylic acids is 1. The third-order valence-corrected chi connectivity index (χ3v) is 5.35. The first kappa shape index (κ1) is 22.0. The van der Waals surface area contributed by atoms with Crippen molar-refractivity contribution in [2.75, 3.05) is 18.4 Å². The molecule has 10 heteroatoms. The molecule has 1 fully saturated rings. The van der Waals surface area contributed by atoms with Crippen LogP contribution in [-0.2, 0) is 18.3 Å². The van der Waals surface area contributed by atoms with Gasteiger partial charge in [0.2, 0.25) is 5.95 Å². The van der Waals surface area contributed by atoms with Gasteiger partial charge >= 0.3 is 6.03 Å². The molecule has 0 bridgehead atoms. The normalized spacial score (nSPS) is 13.8. The number of benzene rings is 1. The Labute approximate surface area is 191 Å². The predicted molar refractivity (Wildman–Crippen MR) is 123 cm³/mol. The number of hydrogen-bond acceptors (Lipinski definition) is 6. The number of carbonyl (C=O) groups is 1. The summed E-state index contributed by atoms with van der Waals surface area (Å²) in [7, 11) is 1.84. The molecule has 2 aromatic heterocycles. The first-order valence-corrected chi connectivity index (χ1v) is 10.8. The van der Waals surface area contributed by atoms with Gasteiger partial charge in [0.1, 0.15) is 0 Å². The average molecular weight is 456 g/mol. The van der Waals surface area contributed by atoms with Gasteiger partial charge in [-0.25, -0.2) is 14.8 Å². The summed E-state index contributed by atoms with van der Waals surface area (Å²) in [5, 5.41) is 10.7. The summed E-state index contributed by atoms with van der Waals surface area (Å²) in [5.74, 6) is 0.470. The number of halogens is 1. The SMILES string of the molecule is CC(C)OC1CN(C(=O)NCc2ccc(-c3ccnc(Nc4cnn(C)c4)n3)cc2Cl)C1. The van der Waals surface area contributed by atoms with E-state index in [0.717, 1.165) is 22.5 Å². The Morgan fingerprint density at radius 1 is 1.31 bits per heavy atom. The number of ether oxygens (including phenoxy) is 1. The largest absolute Gasteiger partial charge is 0.372 e. The van der Waals surface area contributed by atoms with Gasteiger partial charge in [0.15, 0.2) is 0 Å². The number of urea groups is 1. The number of aryl methyl sites for hydroxylation is 1. The first-order chi connectivity index (χ1) is 15.4. The van der Waals surface area contributed by atoms with Crippen LogP contribution in [0.5, 0.6) is 0 Å². The molecule has 0 spiro atoms. The van der Waals surface area contributed by atoms with Gasteiger partial charge in [-0.05, 0) is 31.5 Å². The zero-order chi connectivity index (χ0) is 22.7. The lowest BCUT2D eigenvalue weighted by atomic mass is 10.1. The van der Waals surface area contributed by atoms with Gasteiger partial charge < -0.3 is 20.3 Å². The van der Waals surface area contributed by atoms with Crippen LogP contribution < -0.4 is 10.6 Å². The van der Waals surface area contributed by atoms with Gasteiger partial charge in [-0.3, -0.25) is 4.68 Å². The molecule has 1 aliphatic heterocycles. The second kappa shape index (κ2) is 9.54. The Bertz CT molecular complexity index is 1100. The number of anilines is 2. The Kier molecular flexibility index (Phi) is 6.57. The van der Waals surface area contributed by atoms with Gasteiger partial charge in [0, 0.05) is 36.6 Å². The Morgan fingerprint density at radius 2 is 2.12 bits per heavy atom. The Morgan fingerprint density at radius 3 is 2.81 bits per heavy atom. The second-order valence-corrected chi connectivity index (χ2v) is 8.38. The predicted octanol–water partition coefficient (Wildman–Crippen LogP) is 3.59. The molecule has 0 radical (unpaired) electrons. The van der Waals surface area contributed by atoms with Crippen LogP contribution in [0.25, 0.3) is 11.3 Å². The zero-order valence-corrected chi connectivity index (χ0v) is 19.0.